The predicted molar refractivity (Wildman–Crippen MR) is 65.1 cm³/mol. The van der Waals surface area contributed by atoms with E-state index in [1.165, 1.54) is 12.1 Å². The summed E-state index contributed by atoms with van der Waals surface area (Å²) in [6.45, 7) is 6.73. The molecule has 1 rings (SSSR count). The number of aromatic nitrogens is 2. The summed E-state index contributed by atoms with van der Waals surface area (Å²) in [5.41, 5.74) is -0.161. The Morgan fingerprint density at radius 1 is 1.47 bits per heavy atom. The molecule has 1 aromatic rings. The minimum Gasteiger partial charge on any atom is -0.374 e. The Labute approximate surface area is 106 Å². The van der Waals surface area contributed by atoms with Gasteiger partial charge >= 0.3 is 0 Å². The maximum absolute atomic E-state index is 11.7. The SMILES string of the molecule is CCOC(C)(C)CNC(=O)c1ccc(Cl)nn1. The van der Waals surface area contributed by atoms with Crippen LogP contribution in [0.3, 0.4) is 0 Å². The van der Waals surface area contributed by atoms with E-state index in [-0.39, 0.29) is 16.8 Å². The summed E-state index contributed by atoms with van der Waals surface area (Å²) < 4.78 is 5.46. The van der Waals surface area contributed by atoms with Crippen LogP contribution in [0.1, 0.15) is 31.3 Å². The van der Waals surface area contributed by atoms with E-state index in [0.29, 0.717) is 13.2 Å². The first-order valence-electron chi connectivity index (χ1n) is 5.36. The Kier molecular flexibility index (Phi) is 4.84. The highest BCUT2D eigenvalue weighted by Crippen LogP contribution is 2.07. The van der Waals surface area contributed by atoms with Crippen LogP contribution in [0.2, 0.25) is 5.15 Å². The number of hydrogen-bond acceptors (Lipinski definition) is 4. The zero-order valence-electron chi connectivity index (χ0n) is 10.2. The molecule has 1 heterocycles. The normalized spacial score (nSPS) is 11.3. The van der Waals surface area contributed by atoms with Crippen molar-refractivity contribution in [1.29, 1.82) is 0 Å². The lowest BCUT2D eigenvalue weighted by atomic mass is 10.1. The molecule has 94 valence electrons. The average molecular weight is 258 g/mol. The summed E-state index contributed by atoms with van der Waals surface area (Å²) in [5, 5.41) is 10.3. The molecule has 0 fully saturated rings. The molecule has 0 saturated heterocycles. The lowest BCUT2D eigenvalue weighted by Gasteiger charge is -2.24. The van der Waals surface area contributed by atoms with Crippen LogP contribution in [0.15, 0.2) is 12.1 Å². The van der Waals surface area contributed by atoms with Crippen molar-refractivity contribution in [3.05, 3.63) is 23.0 Å². The van der Waals surface area contributed by atoms with Crippen LogP contribution < -0.4 is 5.32 Å². The van der Waals surface area contributed by atoms with Gasteiger partial charge in [0.2, 0.25) is 0 Å². The fourth-order valence-corrected chi connectivity index (χ4v) is 1.36. The monoisotopic (exact) mass is 257 g/mol. The van der Waals surface area contributed by atoms with Crippen molar-refractivity contribution in [2.24, 2.45) is 0 Å². The molecule has 17 heavy (non-hydrogen) atoms. The standard InChI is InChI=1S/C11H16ClN3O2/c1-4-17-11(2,3)7-13-10(16)8-5-6-9(12)15-14-8/h5-6H,4,7H2,1-3H3,(H,13,16). The lowest BCUT2D eigenvalue weighted by molar-refractivity contribution is -0.00819. The lowest BCUT2D eigenvalue weighted by Crippen LogP contribution is -2.40. The summed E-state index contributed by atoms with van der Waals surface area (Å²) in [5.74, 6) is -0.290. The minimum atomic E-state index is -0.399. The molecule has 6 heteroatoms. The summed E-state index contributed by atoms with van der Waals surface area (Å²) in [4.78, 5) is 11.7. The molecule has 1 aromatic heterocycles. The molecule has 5 nitrogen and oxygen atoms in total. The van der Waals surface area contributed by atoms with Gasteiger partial charge in [-0.25, -0.2) is 0 Å². The Bertz CT molecular complexity index is 379. The first kappa shape index (κ1) is 13.9. The van der Waals surface area contributed by atoms with Crippen molar-refractivity contribution in [2.75, 3.05) is 13.2 Å². The Morgan fingerprint density at radius 2 is 2.18 bits per heavy atom. The van der Waals surface area contributed by atoms with Crippen molar-refractivity contribution < 1.29 is 9.53 Å². The van der Waals surface area contributed by atoms with Gasteiger partial charge in [-0.1, -0.05) is 11.6 Å². The Hall–Kier alpha value is -1.20. The molecule has 0 radical (unpaired) electrons. The number of nitrogens with zero attached hydrogens (tertiary/aromatic N) is 2. The van der Waals surface area contributed by atoms with E-state index in [2.05, 4.69) is 15.5 Å². The van der Waals surface area contributed by atoms with E-state index in [0.717, 1.165) is 0 Å². The largest absolute Gasteiger partial charge is 0.374 e. The smallest absolute Gasteiger partial charge is 0.271 e. The van der Waals surface area contributed by atoms with Crippen molar-refractivity contribution in [3.8, 4) is 0 Å². The molecule has 0 aliphatic heterocycles. The molecule has 0 aliphatic carbocycles. The molecule has 1 amide bonds. The van der Waals surface area contributed by atoms with E-state index < -0.39 is 5.60 Å². The third-order valence-electron chi connectivity index (χ3n) is 2.07. The summed E-state index contributed by atoms with van der Waals surface area (Å²) in [6.07, 6.45) is 0. The van der Waals surface area contributed by atoms with E-state index in [4.69, 9.17) is 16.3 Å². The first-order chi connectivity index (χ1) is 7.94. The van der Waals surface area contributed by atoms with Crippen LogP contribution in [0.5, 0.6) is 0 Å². The third-order valence-corrected chi connectivity index (χ3v) is 2.28. The van der Waals surface area contributed by atoms with Gasteiger partial charge in [0.25, 0.3) is 5.91 Å². The number of carbonyl (C=O) groups is 1. The number of hydrogen-bond donors (Lipinski definition) is 1. The summed E-state index contributed by atoms with van der Waals surface area (Å²) in [7, 11) is 0. The van der Waals surface area contributed by atoms with Gasteiger partial charge in [-0.05, 0) is 32.9 Å². The molecule has 0 saturated carbocycles. The average Bonchev–Trinajstić information content (AvgIpc) is 2.27. The minimum absolute atomic E-state index is 0.238. The summed E-state index contributed by atoms with van der Waals surface area (Å²) >= 11 is 5.58. The predicted octanol–water partition coefficient (Wildman–Crippen LogP) is 1.67. The highest BCUT2D eigenvalue weighted by Gasteiger charge is 2.19. The Morgan fingerprint density at radius 3 is 2.71 bits per heavy atom. The molecule has 0 atom stereocenters. The maximum atomic E-state index is 11.7. The van der Waals surface area contributed by atoms with E-state index in [1.54, 1.807) is 0 Å². The molecular weight excluding hydrogens is 242 g/mol. The molecular formula is C11H16ClN3O2. The van der Waals surface area contributed by atoms with Gasteiger partial charge in [0.1, 0.15) is 0 Å². The fourth-order valence-electron chi connectivity index (χ4n) is 1.26. The van der Waals surface area contributed by atoms with Crippen LogP contribution in [0.4, 0.5) is 0 Å². The molecule has 0 unspecified atom stereocenters. The van der Waals surface area contributed by atoms with Crippen LogP contribution in [0.25, 0.3) is 0 Å². The van der Waals surface area contributed by atoms with Crippen molar-refractivity contribution >= 4 is 17.5 Å². The second-order valence-corrected chi connectivity index (χ2v) is 4.50. The number of amides is 1. The maximum Gasteiger partial charge on any atom is 0.271 e. The van der Waals surface area contributed by atoms with Crippen LogP contribution in [-0.4, -0.2) is 34.9 Å². The summed E-state index contributed by atoms with van der Waals surface area (Å²) in [6, 6.07) is 3.05. The molecule has 0 bridgehead atoms. The zero-order chi connectivity index (χ0) is 12.9. The quantitative estimate of drug-likeness (QED) is 0.872. The molecule has 1 N–H and O–H groups in total. The third kappa shape index (κ3) is 4.66. The van der Waals surface area contributed by atoms with Gasteiger partial charge in [-0.3, -0.25) is 4.79 Å². The molecule has 0 aromatic carbocycles. The van der Waals surface area contributed by atoms with E-state index >= 15 is 0 Å². The number of rotatable bonds is 5. The molecule has 0 spiro atoms. The van der Waals surface area contributed by atoms with Crippen molar-refractivity contribution in [3.63, 3.8) is 0 Å². The number of halogens is 1. The first-order valence-corrected chi connectivity index (χ1v) is 5.74. The van der Waals surface area contributed by atoms with Gasteiger partial charge in [0.05, 0.1) is 5.60 Å². The number of ether oxygens (including phenoxy) is 1. The van der Waals surface area contributed by atoms with Crippen LogP contribution >= 0.6 is 11.6 Å². The van der Waals surface area contributed by atoms with Crippen molar-refractivity contribution in [1.82, 2.24) is 15.5 Å². The second kappa shape index (κ2) is 5.93. The fraction of sp³-hybridized carbons (Fsp3) is 0.545. The van der Waals surface area contributed by atoms with Crippen LogP contribution in [0, 0.1) is 0 Å². The van der Waals surface area contributed by atoms with Gasteiger partial charge in [-0.15, -0.1) is 10.2 Å². The van der Waals surface area contributed by atoms with Gasteiger partial charge in [-0.2, -0.15) is 0 Å². The highest BCUT2D eigenvalue weighted by molar-refractivity contribution is 6.29. The number of nitrogens with one attached hydrogen (secondary N) is 1. The van der Waals surface area contributed by atoms with Gasteiger partial charge in [0, 0.05) is 13.2 Å². The zero-order valence-corrected chi connectivity index (χ0v) is 10.9. The topological polar surface area (TPSA) is 64.1 Å². The van der Waals surface area contributed by atoms with Crippen molar-refractivity contribution in [2.45, 2.75) is 26.4 Å². The Balaban J connectivity index is 2.53. The van der Waals surface area contributed by atoms with Gasteiger partial charge < -0.3 is 10.1 Å². The highest BCUT2D eigenvalue weighted by atomic mass is 35.5. The second-order valence-electron chi connectivity index (χ2n) is 4.12. The molecule has 0 aliphatic rings. The van der Waals surface area contributed by atoms with E-state index in [9.17, 15) is 4.79 Å². The van der Waals surface area contributed by atoms with Crippen LogP contribution in [-0.2, 0) is 4.74 Å². The van der Waals surface area contributed by atoms with Gasteiger partial charge in [0.15, 0.2) is 10.8 Å². The van der Waals surface area contributed by atoms with E-state index in [1.807, 2.05) is 20.8 Å². The number of carbonyl (C=O) groups excluding carboxylic acids is 1.